The minimum Gasteiger partial charge on any atom is 0 e. The van der Waals surface area contributed by atoms with Gasteiger partial charge in [-0.25, -0.2) is 0 Å². The van der Waals surface area contributed by atoms with E-state index < -0.39 is 0 Å². The van der Waals surface area contributed by atoms with Crippen molar-refractivity contribution < 1.29 is 50.6 Å². The second kappa shape index (κ2) is 18.5. The zero-order valence-electron chi connectivity index (χ0n) is 1.68. The van der Waals surface area contributed by atoms with Crippen molar-refractivity contribution in [1.29, 1.82) is 0 Å². The first-order valence-electron chi connectivity index (χ1n) is 0. The molecular weight excluding hydrogens is 202 g/mol. The summed E-state index contributed by atoms with van der Waals surface area (Å²) in [6.07, 6.45) is 0. The van der Waals surface area contributed by atoms with E-state index in [-0.39, 0.29) is 73.7 Å². The van der Waals surface area contributed by atoms with Crippen LogP contribution in [0, 0.1) is 0 Å². The Morgan fingerprint density at radius 2 is 1.00 bits per heavy atom. The molecule has 0 amide bonds. The van der Waals surface area contributed by atoms with Gasteiger partial charge in [-0.05, 0) is 0 Å². The Labute approximate surface area is 72.9 Å². The number of rotatable bonds is 0. The molecule has 0 bridgehead atoms. The topological polar surface area (TPSA) is 0 Å². The van der Waals surface area contributed by atoms with Crippen LogP contribution in [-0.4, -0.2) is 23.1 Å². The molecule has 4 heavy (non-hydrogen) atoms. The van der Waals surface area contributed by atoms with E-state index in [0.717, 1.165) is 0 Å². The molecule has 0 nitrogen and oxygen atoms in total. The van der Waals surface area contributed by atoms with Crippen molar-refractivity contribution in [2.75, 3.05) is 0 Å². The first kappa shape index (κ1) is 33.5. The summed E-state index contributed by atoms with van der Waals surface area (Å²) in [5.41, 5.74) is 0. The van der Waals surface area contributed by atoms with E-state index in [0.29, 0.717) is 0 Å². The van der Waals surface area contributed by atoms with Crippen LogP contribution in [0.15, 0.2) is 0 Å². The Bertz CT molecular complexity index is 8.00. The van der Waals surface area contributed by atoms with Gasteiger partial charge in [-0.2, -0.15) is 0 Å². The average Bonchev–Trinajstić information content (AvgIpc) is 0. The van der Waals surface area contributed by atoms with Gasteiger partial charge in [-0.15, -0.1) is 0 Å². The molecule has 0 N–H and O–H groups in total. The van der Waals surface area contributed by atoms with Crippen molar-refractivity contribution in [3.05, 3.63) is 0 Å². The molecule has 3 radical (unpaired) electrons. The van der Waals surface area contributed by atoms with E-state index in [1.807, 2.05) is 0 Å². The fourth-order valence-corrected chi connectivity index (χ4v) is 0. The average molecular weight is 202 g/mol. The van der Waals surface area contributed by atoms with Crippen LogP contribution in [0.3, 0.4) is 0 Å². The molecule has 0 aromatic heterocycles. The van der Waals surface area contributed by atoms with Gasteiger partial charge in [0.05, 0.1) is 0 Å². The SMILES string of the molecule is [Cu].[Fe].[Mg].[Ni]. The van der Waals surface area contributed by atoms with Gasteiger partial charge >= 0.3 is 0 Å². The zero-order valence-corrected chi connectivity index (χ0v) is 6.13. The molecule has 0 aromatic rings. The van der Waals surface area contributed by atoms with Gasteiger partial charge < -0.3 is 0 Å². The van der Waals surface area contributed by atoms with E-state index in [1.54, 1.807) is 0 Å². The van der Waals surface area contributed by atoms with Crippen molar-refractivity contribution in [3.8, 4) is 0 Å². The standard InChI is InChI=1S/Cu.Fe.Mg.Ni. The summed E-state index contributed by atoms with van der Waals surface area (Å²) in [4.78, 5) is 0. The van der Waals surface area contributed by atoms with Gasteiger partial charge in [0.1, 0.15) is 0 Å². The minimum atomic E-state index is 0. The summed E-state index contributed by atoms with van der Waals surface area (Å²) in [5.74, 6) is 0. The third-order valence-corrected chi connectivity index (χ3v) is 0. The van der Waals surface area contributed by atoms with E-state index in [4.69, 9.17) is 0 Å². The Morgan fingerprint density at radius 1 is 1.00 bits per heavy atom. The maximum Gasteiger partial charge on any atom is 0 e. The van der Waals surface area contributed by atoms with Crippen molar-refractivity contribution in [1.82, 2.24) is 0 Å². The molecule has 0 atom stereocenters. The minimum absolute atomic E-state index is 0. The predicted octanol–water partition coefficient (Wildman–Crippen LogP) is -0.388. The maximum absolute atomic E-state index is 0. The maximum atomic E-state index is 0. The van der Waals surface area contributed by atoms with Gasteiger partial charge in [-0.1, -0.05) is 0 Å². The fourth-order valence-electron chi connectivity index (χ4n) is 0. The summed E-state index contributed by atoms with van der Waals surface area (Å²) < 4.78 is 0. The van der Waals surface area contributed by atoms with Gasteiger partial charge in [-0.3, -0.25) is 0 Å². The van der Waals surface area contributed by atoms with Crippen LogP contribution >= 0.6 is 0 Å². The van der Waals surface area contributed by atoms with Crippen LogP contribution in [0.4, 0.5) is 0 Å². The van der Waals surface area contributed by atoms with Gasteiger partial charge in [0.2, 0.25) is 0 Å². The van der Waals surface area contributed by atoms with Crippen molar-refractivity contribution in [3.63, 3.8) is 0 Å². The molecule has 0 aromatic carbocycles. The van der Waals surface area contributed by atoms with E-state index >= 15 is 0 Å². The molecule has 0 unspecified atom stereocenters. The Morgan fingerprint density at radius 3 is 1.00 bits per heavy atom. The van der Waals surface area contributed by atoms with E-state index in [1.165, 1.54) is 0 Å². The summed E-state index contributed by atoms with van der Waals surface area (Å²) >= 11 is 0. The summed E-state index contributed by atoms with van der Waals surface area (Å²) in [6, 6.07) is 0. The molecule has 0 fully saturated rings. The summed E-state index contributed by atoms with van der Waals surface area (Å²) in [5, 5.41) is 0. The summed E-state index contributed by atoms with van der Waals surface area (Å²) in [7, 11) is 0. The molecule has 0 rings (SSSR count). The summed E-state index contributed by atoms with van der Waals surface area (Å²) in [6.45, 7) is 0. The molecule has 0 spiro atoms. The van der Waals surface area contributed by atoms with Crippen molar-refractivity contribution >= 4 is 23.1 Å². The molecule has 4 heteroatoms. The third-order valence-electron chi connectivity index (χ3n) is 0. The molecule has 31 valence electrons. The van der Waals surface area contributed by atoms with Crippen molar-refractivity contribution in [2.24, 2.45) is 0 Å². The zero-order chi connectivity index (χ0) is 0. The van der Waals surface area contributed by atoms with Crippen LogP contribution in [0.2, 0.25) is 0 Å². The first-order valence-corrected chi connectivity index (χ1v) is 0. The monoisotopic (exact) mass is 201 g/mol. The molecule has 0 aliphatic carbocycles. The Balaban J connectivity index is 0. The molecule has 0 saturated heterocycles. The van der Waals surface area contributed by atoms with Crippen LogP contribution in [0.5, 0.6) is 0 Å². The van der Waals surface area contributed by atoms with Crippen LogP contribution in [0.1, 0.15) is 0 Å². The van der Waals surface area contributed by atoms with Crippen LogP contribution in [0.25, 0.3) is 0 Å². The Hall–Kier alpha value is 2.30. The van der Waals surface area contributed by atoms with E-state index in [2.05, 4.69) is 0 Å². The smallest absolute Gasteiger partial charge is 0 e. The van der Waals surface area contributed by atoms with Crippen LogP contribution in [-0.2, 0) is 50.6 Å². The molecule has 0 aliphatic heterocycles. The first-order chi connectivity index (χ1) is 0. The van der Waals surface area contributed by atoms with Gasteiger partial charge in [0.15, 0.2) is 0 Å². The second-order valence-electron chi connectivity index (χ2n) is 0. The number of hydrogen-bond acceptors (Lipinski definition) is 0. The van der Waals surface area contributed by atoms with E-state index in [9.17, 15) is 0 Å². The fraction of sp³-hybridized carbons (Fsp3) is 0. The molecule has 0 aliphatic rings. The third kappa shape index (κ3) is 8.85. The van der Waals surface area contributed by atoms with Gasteiger partial charge in [0.25, 0.3) is 0 Å². The largest absolute Gasteiger partial charge is 0 e. The predicted molar refractivity (Wildman–Crippen MR) is 5.75 cm³/mol. The molecular formula is CuFeMgNi. The number of hydrogen-bond donors (Lipinski definition) is 0. The normalized spacial score (nSPS) is 0. The second-order valence-corrected chi connectivity index (χ2v) is 0. The molecule has 0 saturated carbocycles. The molecule has 0 heterocycles. The van der Waals surface area contributed by atoms with Gasteiger partial charge in [0, 0.05) is 73.7 Å². The van der Waals surface area contributed by atoms with Crippen molar-refractivity contribution in [2.45, 2.75) is 0 Å². The van der Waals surface area contributed by atoms with Crippen LogP contribution < -0.4 is 0 Å². The Kier molecular flexibility index (Phi) is 155. The quantitative estimate of drug-likeness (QED) is 0.470.